The number of hydrogen-bond donors (Lipinski definition) is 1. The van der Waals surface area contributed by atoms with E-state index in [-0.39, 0.29) is 28.6 Å². The van der Waals surface area contributed by atoms with Gasteiger partial charge in [0.15, 0.2) is 0 Å². The van der Waals surface area contributed by atoms with E-state index in [4.69, 9.17) is 28.9 Å². The van der Waals surface area contributed by atoms with Crippen LogP contribution in [0.25, 0.3) is 0 Å². The Balaban J connectivity index is 3.06. The highest BCUT2D eigenvalue weighted by Gasteiger charge is 2.40. The molecule has 1 aromatic rings. The van der Waals surface area contributed by atoms with Crippen molar-refractivity contribution < 1.29 is 13.2 Å². The third kappa shape index (κ3) is 3.27. The van der Waals surface area contributed by atoms with Gasteiger partial charge in [-0.05, 0) is 30.7 Å². The highest BCUT2D eigenvalue weighted by Crippen LogP contribution is 2.38. The van der Waals surface area contributed by atoms with Crippen LogP contribution in [0.1, 0.15) is 17.9 Å². The molecule has 1 nitrogen and oxygen atoms in total. The van der Waals surface area contributed by atoms with Crippen molar-refractivity contribution in [2.75, 3.05) is 6.54 Å². The van der Waals surface area contributed by atoms with Gasteiger partial charge < -0.3 is 5.73 Å². The molecule has 0 aliphatic rings. The molecule has 1 aromatic carbocycles. The monoisotopic (exact) mass is 271 g/mol. The van der Waals surface area contributed by atoms with E-state index in [1.54, 1.807) is 0 Å². The van der Waals surface area contributed by atoms with Crippen molar-refractivity contribution in [1.29, 1.82) is 0 Å². The molecule has 16 heavy (non-hydrogen) atoms. The lowest BCUT2D eigenvalue weighted by atomic mass is 9.95. The summed E-state index contributed by atoms with van der Waals surface area (Å²) in [4.78, 5) is 0. The smallest absolute Gasteiger partial charge is 0.330 e. The lowest BCUT2D eigenvalue weighted by Crippen LogP contribution is -2.23. The Hall–Kier alpha value is -0.450. The Bertz CT molecular complexity index is 366. The maximum atomic E-state index is 12.7. The maximum absolute atomic E-state index is 12.7. The SMILES string of the molecule is NCCC(c1ccc(Cl)c(Cl)c1)C(F)(F)F. The molecule has 1 rings (SSSR count). The van der Waals surface area contributed by atoms with Crippen LogP contribution in [0.2, 0.25) is 10.0 Å². The summed E-state index contributed by atoms with van der Waals surface area (Å²) >= 11 is 11.3. The van der Waals surface area contributed by atoms with Gasteiger partial charge in [0.2, 0.25) is 0 Å². The summed E-state index contributed by atoms with van der Waals surface area (Å²) in [7, 11) is 0. The molecule has 0 saturated carbocycles. The van der Waals surface area contributed by atoms with Gasteiger partial charge in [0.05, 0.1) is 16.0 Å². The third-order valence-corrected chi connectivity index (χ3v) is 2.94. The molecule has 2 N–H and O–H groups in total. The van der Waals surface area contributed by atoms with Crippen LogP contribution in [0.5, 0.6) is 0 Å². The molecule has 0 saturated heterocycles. The Labute approximate surface area is 101 Å². The van der Waals surface area contributed by atoms with Crippen molar-refractivity contribution in [3.05, 3.63) is 33.8 Å². The summed E-state index contributed by atoms with van der Waals surface area (Å²) in [6.07, 6.45) is -4.49. The summed E-state index contributed by atoms with van der Waals surface area (Å²) in [5, 5.41) is 0.351. The van der Waals surface area contributed by atoms with Gasteiger partial charge in [0, 0.05) is 0 Å². The van der Waals surface area contributed by atoms with E-state index in [9.17, 15) is 13.2 Å². The number of halogens is 5. The molecule has 0 radical (unpaired) electrons. The topological polar surface area (TPSA) is 26.0 Å². The first kappa shape index (κ1) is 13.6. The zero-order valence-corrected chi connectivity index (χ0v) is 9.70. The van der Waals surface area contributed by atoms with Crippen LogP contribution in [0.3, 0.4) is 0 Å². The quantitative estimate of drug-likeness (QED) is 0.884. The Morgan fingerprint density at radius 1 is 1.19 bits per heavy atom. The average Bonchev–Trinajstić information content (AvgIpc) is 2.17. The molecule has 6 heteroatoms. The predicted molar refractivity (Wildman–Crippen MR) is 58.9 cm³/mol. The molecule has 1 unspecified atom stereocenters. The van der Waals surface area contributed by atoms with E-state index in [1.807, 2.05) is 0 Å². The first-order valence-corrected chi connectivity index (χ1v) is 5.33. The second kappa shape index (κ2) is 5.25. The van der Waals surface area contributed by atoms with Gasteiger partial charge in [0.25, 0.3) is 0 Å². The van der Waals surface area contributed by atoms with Crippen LogP contribution in [0.4, 0.5) is 13.2 Å². The van der Waals surface area contributed by atoms with E-state index in [0.29, 0.717) is 0 Å². The van der Waals surface area contributed by atoms with Crippen LogP contribution in [-0.4, -0.2) is 12.7 Å². The average molecular weight is 272 g/mol. The fourth-order valence-corrected chi connectivity index (χ4v) is 1.72. The molecule has 0 fully saturated rings. The maximum Gasteiger partial charge on any atom is 0.395 e. The zero-order valence-electron chi connectivity index (χ0n) is 8.19. The van der Waals surface area contributed by atoms with Gasteiger partial charge in [-0.3, -0.25) is 0 Å². The minimum atomic E-state index is -4.32. The second-order valence-corrected chi connectivity index (χ2v) is 4.16. The van der Waals surface area contributed by atoms with Gasteiger partial charge in [0.1, 0.15) is 0 Å². The van der Waals surface area contributed by atoms with Crippen molar-refractivity contribution in [3.8, 4) is 0 Å². The van der Waals surface area contributed by atoms with Crippen LogP contribution in [0, 0.1) is 0 Å². The molecule has 0 bridgehead atoms. The van der Waals surface area contributed by atoms with Gasteiger partial charge in [-0.2, -0.15) is 13.2 Å². The van der Waals surface area contributed by atoms with Gasteiger partial charge >= 0.3 is 6.18 Å². The van der Waals surface area contributed by atoms with Crippen LogP contribution in [0.15, 0.2) is 18.2 Å². The lowest BCUT2D eigenvalue weighted by molar-refractivity contribution is -0.151. The minimum absolute atomic E-state index is 0.0373. The summed E-state index contributed by atoms with van der Waals surface area (Å²) in [5.41, 5.74) is 5.26. The zero-order chi connectivity index (χ0) is 12.3. The molecule has 0 aliphatic carbocycles. The standard InChI is InChI=1S/C10H10Cl2F3N/c11-8-2-1-6(5-9(8)12)7(3-4-16)10(13,14)15/h1-2,5,7H,3-4,16H2. The Kier molecular flexibility index (Phi) is 4.47. The Morgan fingerprint density at radius 2 is 1.81 bits per heavy atom. The Morgan fingerprint density at radius 3 is 2.25 bits per heavy atom. The molecule has 0 aromatic heterocycles. The summed E-state index contributed by atoms with van der Waals surface area (Å²) < 4.78 is 38.1. The van der Waals surface area contributed by atoms with Crippen molar-refractivity contribution >= 4 is 23.2 Å². The first-order valence-electron chi connectivity index (χ1n) is 4.58. The molecular weight excluding hydrogens is 262 g/mol. The fourth-order valence-electron chi connectivity index (χ4n) is 1.42. The molecule has 1 atom stereocenters. The second-order valence-electron chi connectivity index (χ2n) is 3.35. The summed E-state index contributed by atoms with van der Waals surface area (Å²) in [6.45, 7) is -0.0373. The lowest BCUT2D eigenvalue weighted by Gasteiger charge is -2.20. The molecular formula is C10H10Cl2F3N. The van der Waals surface area contributed by atoms with Crippen LogP contribution < -0.4 is 5.73 Å². The van der Waals surface area contributed by atoms with Crippen molar-refractivity contribution in [3.63, 3.8) is 0 Å². The number of benzene rings is 1. The van der Waals surface area contributed by atoms with Gasteiger partial charge in [-0.25, -0.2) is 0 Å². The van der Waals surface area contributed by atoms with Crippen molar-refractivity contribution in [2.24, 2.45) is 5.73 Å². The molecule has 0 amide bonds. The third-order valence-electron chi connectivity index (χ3n) is 2.20. The first-order chi connectivity index (χ1) is 7.36. The van der Waals surface area contributed by atoms with Crippen LogP contribution >= 0.6 is 23.2 Å². The highest BCUT2D eigenvalue weighted by atomic mass is 35.5. The predicted octanol–water partition coefficient (Wildman–Crippen LogP) is 3.99. The summed E-state index contributed by atoms with van der Waals surface area (Å²) in [6, 6.07) is 3.91. The fraction of sp³-hybridized carbons (Fsp3) is 0.400. The van der Waals surface area contributed by atoms with E-state index < -0.39 is 12.1 Å². The number of rotatable bonds is 3. The van der Waals surface area contributed by atoms with E-state index in [0.717, 1.165) is 0 Å². The van der Waals surface area contributed by atoms with Crippen molar-refractivity contribution in [1.82, 2.24) is 0 Å². The number of hydrogen-bond acceptors (Lipinski definition) is 1. The highest BCUT2D eigenvalue weighted by molar-refractivity contribution is 6.42. The largest absolute Gasteiger partial charge is 0.395 e. The van der Waals surface area contributed by atoms with Crippen LogP contribution in [-0.2, 0) is 0 Å². The number of alkyl halides is 3. The molecule has 0 spiro atoms. The summed E-state index contributed by atoms with van der Waals surface area (Å²) in [5.74, 6) is -1.59. The van der Waals surface area contributed by atoms with E-state index in [2.05, 4.69) is 0 Å². The van der Waals surface area contributed by atoms with Crippen molar-refractivity contribution in [2.45, 2.75) is 18.5 Å². The van der Waals surface area contributed by atoms with E-state index in [1.165, 1.54) is 18.2 Å². The van der Waals surface area contributed by atoms with Gasteiger partial charge in [-0.1, -0.05) is 29.3 Å². The van der Waals surface area contributed by atoms with Gasteiger partial charge in [-0.15, -0.1) is 0 Å². The minimum Gasteiger partial charge on any atom is -0.330 e. The normalized spacial score (nSPS) is 13.9. The molecule has 90 valence electrons. The molecule has 0 aliphatic heterocycles. The van der Waals surface area contributed by atoms with E-state index >= 15 is 0 Å². The number of nitrogens with two attached hydrogens (primary N) is 1. The molecule has 0 heterocycles.